The first kappa shape index (κ1) is 19.0. The van der Waals surface area contributed by atoms with E-state index >= 15 is 0 Å². The fourth-order valence-corrected chi connectivity index (χ4v) is 3.82. The minimum absolute atomic E-state index is 0.0349. The zero-order valence-electron chi connectivity index (χ0n) is 15.3. The van der Waals surface area contributed by atoms with Crippen LogP contribution in [0, 0.1) is 0 Å². The van der Waals surface area contributed by atoms with E-state index in [0.29, 0.717) is 24.2 Å². The number of nitrogens with zero attached hydrogens (tertiary/aromatic N) is 1. The fourth-order valence-electron chi connectivity index (χ4n) is 2.81. The quantitative estimate of drug-likeness (QED) is 0.568. The van der Waals surface area contributed by atoms with Crippen LogP contribution in [0.15, 0.2) is 48.5 Å². The molecule has 0 fully saturated rings. The largest absolute Gasteiger partial charge is 0.352 e. The molecule has 0 bridgehead atoms. The SMILES string of the molecule is CCNC(=O)c1cccc(NC(=O)CCCCc2nc3ccccc3s2)c1. The number of hydrogen-bond donors (Lipinski definition) is 2. The number of hydrogen-bond acceptors (Lipinski definition) is 4. The highest BCUT2D eigenvalue weighted by molar-refractivity contribution is 7.18. The maximum absolute atomic E-state index is 12.1. The highest BCUT2D eigenvalue weighted by Crippen LogP contribution is 2.23. The number of aryl methyl sites for hydroxylation is 1. The summed E-state index contributed by atoms with van der Waals surface area (Å²) in [5.41, 5.74) is 2.24. The van der Waals surface area contributed by atoms with Crippen LogP contribution in [-0.4, -0.2) is 23.3 Å². The number of nitrogens with one attached hydrogen (secondary N) is 2. The number of carbonyl (C=O) groups is 2. The molecule has 0 aliphatic rings. The van der Waals surface area contributed by atoms with Gasteiger partial charge in [-0.25, -0.2) is 4.98 Å². The standard InChI is InChI=1S/C21H23N3O2S/c1-2-22-21(26)15-8-7-9-16(14-15)23-19(25)12-5-6-13-20-24-17-10-3-4-11-18(17)27-20/h3-4,7-11,14H,2,5-6,12-13H2,1H3,(H,22,26)(H,23,25). The van der Waals surface area contributed by atoms with Crippen LogP contribution in [0.3, 0.4) is 0 Å². The van der Waals surface area contributed by atoms with Crippen molar-refractivity contribution in [2.24, 2.45) is 0 Å². The number of carbonyl (C=O) groups excluding carboxylic acids is 2. The van der Waals surface area contributed by atoms with Crippen LogP contribution in [0.2, 0.25) is 0 Å². The van der Waals surface area contributed by atoms with Gasteiger partial charge in [0.1, 0.15) is 0 Å². The monoisotopic (exact) mass is 381 g/mol. The van der Waals surface area contributed by atoms with E-state index in [2.05, 4.69) is 21.7 Å². The zero-order chi connectivity index (χ0) is 19.1. The third-order valence-electron chi connectivity index (χ3n) is 4.13. The highest BCUT2D eigenvalue weighted by Gasteiger charge is 2.08. The smallest absolute Gasteiger partial charge is 0.251 e. The van der Waals surface area contributed by atoms with Gasteiger partial charge in [0.2, 0.25) is 5.91 Å². The van der Waals surface area contributed by atoms with Gasteiger partial charge in [-0.15, -0.1) is 11.3 Å². The second-order valence-corrected chi connectivity index (χ2v) is 7.39. The normalized spacial score (nSPS) is 10.7. The van der Waals surface area contributed by atoms with Crippen molar-refractivity contribution < 1.29 is 9.59 Å². The second kappa shape index (κ2) is 9.28. The summed E-state index contributed by atoms with van der Waals surface area (Å²) >= 11 is 1.72. The lowest BCUT2D eigenvalue weighted by Gasteiger charge is -2.07. The van der Waals surface area contributed by atoms with Crippen molar-refractivity contribution in [3.05, 3.63) is 59.1 Å². The molecule has 0 radical (unpaired) electrons. The Bertz CT molecular complexity index is 903. The van der Waals surface area contributed by atoms with E-state index in [-0.39, 0.29) is 11.8 Å². The van der Waals surface area contributed by atoms with Gasteiger partial charge in [0.05, 0.1) is 15.2 Å². The van der Waals surface area contributed by atoms with Gasteiger partial charge < -0.3 is 10.6 Å². The number of rotatable bonds is 8. The van der Waals surface area contributed by atoms with Gasteiger partial charge in [-0.05, 0) is 56.5 Å². The number of aromatic nitrogens is 1. The number of anilines is 1. The first-order valence-electron chi connectivity index (χ1n) is 9.18. The fraction of sp³-hybridized carbons (Fsp3) is 0.286. The Kier molecular flexibility index (Phi) is 6.54. The molecule has 0 unspecified atom stereocenters. The van der Waals surface area contributed by atoms with Crippen molar-refractivity contribution in [3.8, 4) is 0 Å². The summed E-state index contributed by atoms with van der Waals surface area (Å²) in [6, 6.07) is 15.1. The van der Waals surface area contributed by atoms with E-state index in [1.807, 2.05) is 25.1 Å². The zero-order valence-corrected chi connectivity index (χ0v) is 16.1. The minimum atomic E-state index is -0.135. The van der Waals surface area contributed by atoms with Gasteiger partial charge >= 0.3 is 0 Å². The predicted octanol–water partition coefficient (Wildman–Crippen LogP) is 4.40. The lowest BCUT2D eigenvalue weighted by molar-refractivity contribution is -0.116. The Morgan fingerprint density at radius 1 is 1.07 bits per heavy atom. The molecule has 2 aromatic carbocycles. The lowest BCUT2D eigenvalue weighted by atomic mass is 10.1. The molecule has 27 heavy (non-hydrogen) atoms. The van der Waals surface area contributed by atoms with E-state index in [1.54, 1.807) is 35.6 Å². The summed E-state index contributed by atoms with van der Waals surface area (Å²) in [6.45, 7) is 2.45. The second-order valence-electron chi connectivity index (χ2n) is 6.27. The van der Waals surface area contributed by atoms with E-state index in [0.717, 1.165) is 29.8 Å². The first-order valence-corrected chi connectivity index (χ1v) is 10.00. The molecule has 2 N–H and O–H groups in total. The number of thiazole rings is 1. The van der Waals surface area contributed by atoms with Crippen molar-refractivity contribution in [2.45, 2.75) is 32.6 Å². The van der Waals surface area contributed by atoms with Crippen LogP contribution in [0.5, 0.6) is 0 Å². The number of fused-ring (bicyclic) bond motifs is 1. The van der Waals surface area contributed by atoms with Crippen LogP contribution in [-0.2, 0) is 11.2 Å². The third-order valence-corrected chi connectivity index (χ3v) is 5.22. The molecule has 1 aromatic heterocycles. The maximum atomic E-state index is 12.1. The Morgan fingerprint density at radius 3 is 2.74 bits per heavy atom. The summed E-state index contributed by atoms with van der Waals surface area (Å²) in [5.74, 6) is -0.170. The van der Waals surface area contributed by atoms with E-state index < -0.39 is 0 Å². The lowest BCUT2D eigenvalue weighted by Crippen LogP contribution is -2.22. The molecule has 6 heteroatoms. The molecule has 3 aromatic rings. The molecule has 5 nitrogen and oxygen atoms in total. The van der Waals surface area contributed by atoms with Crippen molar-refractivity contribution in [1.29, 1.82) is 0 Å². The molecular weight excluding hydrogens is 358 g/mol. The molecule has 0 atom stereocenters. The van der Waals surface area contributed by atoms with E-state index in [4.69, 9.17) is 0 Å². The Labute approximate surface area is 162 Å². The predicted molar refractivity (Wildman–Crippen MR) is 110 cm³/mol. The number of amides is 2. The summed E-state index contributed by atoms with van der Waals surface area (Å²) in [7, 11) is 0. The molecule has 0 saturated heterocycles. The van der Waals surface area contributed by atoms with E-state index in [9.17, 15) is 9.59 Å². The van der Waals surface area contributed by atoms with Gasteiger partial charge in [0, 0.05) is 24.2 Å². The van der Waals surface area contributed by atoms with Crippen LogP contribution >= 0.6 is 11.3 Å². The molecule has 0 aliphatic heterocycles. The molecule has 1 heterocycles. The molecule has 3 rings (SSSR count). The average Bonchev–Trinajstić information content (AvgIpc) is 3.08. The Balaban J connectivity index is 1.44. The van der Waals surface area contributed by atoms with Gasteiger partial charge in [-0.1, -0.05) is 18.2 Å². The maximum Gasteiger partial charge on any atom is 0.251 e. The number of para-hydroxylation sites is 1. The van der Waals surface area contributed by atoms with Crippen LogP contribution in [0.25, 0.3) is 10.2 Å². The van der Waals surface area contributed by atoms with Crippen molar-refractivity contribution in [3.63, 3.8) is 0 Å². The van der Waals surface area contributed by atoms with Crippen LogP contribution in [0.1, 0.15) is 41.6 Å². The Morgan fingerprint density at radius 2 is 1.93 bits per heavy atom. The molecule has 0 saturated carbocycles. The molecule has 0 spiro atoms. The highest BCUT2D eigenvalue weighted by atomic mass is 32.1. The summed E-state index contributed by atoms with van der Waals surface area (Å²) < 4.78 is 1.21. The molecule has 140 valence electrons. The minimum Gasteiger partial charge on any atom is -0.352 e. The van der Waals surface area contributed by atoms with Crippen LogP contribution < -0.4 is 10.6 Å². The topological polar surface area (TPSA) is 71.1 Å². The molecular formula is C21H23N3O2S. The van der Waals surface area contributed by atoms with E-state index in [1.165, 1.54) is 4.70 Å². The third kappa shape index (κ3) is 5.37. The first-order chi connectivity index (χ1) is 13.2. The van der Waals surface area contributed by atoms with Gasteiger partial charge in [-0.2, -0.15) is 0 Å². The number of benzene rings is 2. The van der Waals surface area contributed by atoms with Crippen molar-refractivity contribution in [2.75, 3.05) is 11.9 Å². The summed E-state index contributed by atoms with van der Waals surface area (Å²) in [4.78, 5) is 28.6. The summed E-state index contributed by atoms with van der Waals surface area (Å²) in [6.07, 6.45) is 3.07. The Hall–Kier alpha value is -2.73. The van der Waals surface area contributed by atoms with Gasteiger partial charge in [0.25, 0.3) is 5.91 Å². The van der Waals surface area contributed by atoms with Gasteiger partial charge in [-0.3, -0.25) is 9.59 Å². The number of unbranched alkanes of at least 4 members (excludes halogenated alkanes) is 1. The molecule has 2 amide bonds. The van der Waals surface area contributed by atoms with Crippen molar-refractivity contribution >= 4 is 39.1 Å². The van der Waals surface area contributed by atoms with Gasteiger partial charge in [0.15, 0.2) is 0 Å². The van der Waals surface area contributed by atoms with Crippen LogP contribution in [0.4, 0.5) is 5.69 Å². The average molecular weight is 382 g/mol. The molecule has 0 aliphatic carbocycles. The van der Waals surface area contributed by atoms with Crippen molar-refractivity contribution in [1.82, 2.24) is 10.3 Å². The summed E-state index contributed by atoms with van der Waals surface area (Å²) in [5, 5.41) is 6.74.